The molecule has 0 unspecified atom stereocenters. The fourth-order valence-corrected chi connectivity index (χ4v) is 18.6. The third-order valence-corrected chi connectivity index (χ3v) is 24.6. The monoisotopic (exact) mass is 1350 g/mol. The van der Waals surface area contributed by atoms with Crippen molar-refractivity contribution in [1.29, 1.82) is 0 Å². The number of aliphatic hydroxyl groups is 17. The lowest BCUT2D eigenvalue weighted by Crippen LogP contribution is -2.67. The Hall–Kier alpha value is -2.17. The van der Waals surface area contributed by atoms with Crippen LogP contribution in [0.3, 0.4) is 0 Å². The van der Waals surface area contributed by atoms with Crippen molar-refractivity contribution in [2.24, 2.45) is 44.8 Å². The van der Waals surface area contributed by atoms with Gasteiger partial charge in [-0.25, -0.2) is 0 Å². The lowest BCUT2D eigenvalue weighted by molar-refractivity contribution is -0.382. The average molecular weight is 1350 g/mol. The number of hydrogen-bond acceptors (Lipinski definition) is 30. The third kappa shape index (κ3) is 12.4. The average Bonchev–Trinajstić information content (AvgIpc) is 0.677. The van der Waals surface area contributed by atoms with Crippen molar-refractivity contribution in [3.05, 3.63) is 23.8 Å². The van der Waals surface area contributed by atoms with E-state index < -0.39 is 233 Å². The topological polar surface area (TPSA) is 472 Å². The van der Waals surface area contributed by atoms with Gasteiger partial charge in [0.25, 0.3) is 0 Å². The molecule has 5 aliphatic carbocycles. The quantitative estimate of drug-likeness (QED) is 0.0420. The minimum absolute atomic E-state index is 0.0622. The Bertz CT molecular complexity index is 2670. The molecule has 6 aliphatic heterocycles. The first-order valence-corrected chi connectivity index (χ1v) is 33.3. The maximum absolute atomic E-state index is 15.2. The van der Waals surface area contributed by atoms with E-state index in [1.807, 2.05) is 0 Å². The number of hydrogen-bond donors (Lipinski definition) is 17. The van der Waals surface area contributed by atoms with Gasteiger partial charge in [0.1, 0.15) is 128 Å². The van der Waals surface area contributed by atoms with E-state index in [1.54, 1.807) is 0 Å². The van der Waals surface area contributed by atoms with Crippen LogP contribution in [0.15, 0.2) is 23.8 Å². The molecule has 0 amide bonds. The normalized spacial score (nSPS) is 54.5. The second-order valence-corrected chi connectivity index (χ2v) is 30.0. The SMILES string of the molecule is C=C1CC[C@]2(C(=O)O[C@@H]3O[C@H](CO[C@@H]4O[C@H](CO)[C@@H](O[C@@H]5O[C@@H](C)[C@H](O)[C@@H](O)[C@H]5O)[C@H](O)[C@H]4O)[C@@H](O)[C@H](O)[C@H]3O)CC[C@]3(C)C(=CC[C@@H]4[C@@]5(C)CC[C@H](O[C@@H]6O[C@H](CO)[C@@H](O)[C@H](O[C@@H]7OC[C@H](O)[C@H](O)[C@H]7O[C@@H]7O[C@@H](C)[C@H](O)[C@@H](O)[C@H]7O)[C@H]6O)C(C)(C)[C@@H]5CC[C@]43C)[C@@H]2C1. The summed E-state index contributed by atoms with van der Waals surface area (Å²) in [5.74, 6) is -0.819. The largest absolute Gasteiger partial charge is 0.432 e. The van der Waals surface area contributed by atoms with Crippen LogP contribution in [0, 0.1) is 44.8 Å². The van der Waals surface area contributed by atoms with Crippen LogP contribution in [0.25, 0.3) is 0 Å². The van der Waals surface area contributed by atoms with E-state index in [9.17, 15) is 86.8 Å². The van der Waals surface area contributed by atoms with Crippen LogP contribution in [-0.4, -0.2) is 303 Å². The van der Waals surface area contributed by atoms with Gasteiger partial charge < -0.3 is 144 Å². The Morgan fingerprint density at radius 2 is 1.10 bits per heavy atom. The first kappa shape index (κ1) is 73.1. The van der Waals surface area contributed by atoms with Crippen molar-refractivity contribution in [1.82, 2.24) is 0 Å². The molecule has 6 saturated heterocycles. The maximum Gasteiger partial charge on any atom is 0.315 e. The van der Waals surface area contributed by atoms with Gasteiger partial charge in [-0.15, -0.1) is 0 Å². The second-order valence-electron chi connectivity index (χ2n) is 30.0. The molecule has 30 nitrogen and oxygen atoms in total. The van der Waals surface area contributed by atoms with Crippen molar-refractivity contribution < 1.29 is 148 Å². The van der Waals surface area contributed by atoms with Gasteiger partial charge in [0.2, 0.25) is 6.29 Å². The number of fused-ring (bicyclic) bond motifs is 7. The first-order valence-electron chi connectivity index (χ1n) is 33.3. The standard InChI is InChI=1S/C64H102O30/c1-24-11-16-64(59(82)94-56-47(79)43(75)39(71)32(89-56)23-84-53-48(80)44(76)50(31(21-66)88-53)91-54-45(77)41(73)36(68)25(2)85-54)18-17-62(7)27(28(64)19-24)9-10-34-61(6)14-13-35(60(4,5)33(61)12-15-63(34,62)8)90-57-49(81)51(40(72)30(20-65)87-57)92-58-52(38(70)29(67)22-83-58)93-55-46(78)42(74)37(69)26(3)86-55/h9,25-26,28-58,65-81H,1,10-23H2,2-8H3/t25-,26-,28-,29-,30+,31+,32+,33-,34+,35-,36-,37-,38-,39+,40+,41+,42+,43-,44+,45+,46+,47+,48+,49+,50+,51-,52+,53+,54-,55-,56-,57-,58-,61-,62+,63+,64-/m0/s1. The van der Waals surface area contributed by atoms with Gasteiger partial charge >= 0.3 is 5.97 Å². The Morgan fingerprint density at radius 3 is 1.73 bits per heavy atom. The molecular formula is C64H102O30. The summed E-state index contributed by atoms with van der Waals surface area (Å²) in [6.07, 6.45) is -39.3. The molecule has 0 radical (unpaired) electrons. The molecule has 11 aliphatic rings. The molecule has 0 spiro atoms. The van der Waals surface area contributed by atoms with Crippen molar-refractivity contribution in [2.45, 2.75) is 297 Å². The molecule has 0 aromatic heterocycles. The summed E-state index contributed by atoms with van der Waals surface area (Å²) in [4.78, 5) is 15.2. The van der Waals surface area contributed by atoms with Crippen molar-refractivity contribution in [3.63, 3.8) is 0 Å². The van der Waals surface area contributed by atoms with E-state index >= 15 is 4.79 Å². The lowest BCUT2D eigenvalue weighted by atomic mass is 9.34. The van der Waals surface area contributed by atoms with E-state index in [2.05, 4.69) is 47.3 Å². The number of allylic oxidation sites excluding steroid dienone is 3. The predicted octanol–water partition coefficient (Wildman–Crippen LogP) is -4.16. The highest BCUT2D eigenvalue weighted by Gasteiger charge is 2.70. The number of rotatable bonds is 15. The van der Waals surface area contributed by atoms with Crippen molar-refractivity contribution >= 4 is 5.97 Å². The second kappa shape index (κ2) is 27.6. The van der Waals surface area contributed by atoms with Crippen LogP contribution in [0.5, 0.6) is 0 Å². The van der Waals surface area contributed by atoms with Gasteiger partial charge in [-0.2, -0.15) is 0 Å². The van der Waals surface area contributed by atoms with Crippen LogP contribution in [0.2, 0.25) is 0 Å². The minimum Gasteiger partial charge on any atom is -0.432 e. The lowest BCUT2D eigenvalue weighted by Gasteiger charge is -2.71. The molecule has 0 bridgehead atoms. The highest BCUT2D eigenvalue weighted by atomic mass is 16.8. The summed E-state index contributed by atoms with van der Waals surface area (Å²) in [6.45, 7) is 15.9. The molecule has 94 heavy (non-hydrogen) atoms. The smallest absolute Gasteiger partial charge is 0.315 e. The van der Waals surface area contributed by atoms with Gasteiger partial charge in [0.15, 0.2) is 31.5 Å². The highest BCUT2D eigenvalue weighted by molar-refractivity contribution is 5.79. The maximum atomic E-state index is 15.2. The molecule has 17 N–H and O–H groups in total. The summed E-state index contributed by atoms with van der Waals surface area (Å²) in [6, 6.07) is 0. The number of ether oxygens (including phenoxy) is 12. The van der Waals surface area contributed by atoms with E-state index in [1.165, 1.54) is 13.8 Å². The van der Waals surface area contributed by atoms with E-state index in [0.717, 1.165) is 24.0 Å². The first-order chi connectivity index (χ1) is 44.2. The molecule has 0 aromatic rings. The van der Waals surface area contributed by atoms with Crippen LogP contribution >= 0.6 is 0 Å². The van der Waals surface area contributed by atoms with Crippen molar-refractivity contribution in [3.8, 4) is 0 Å². The molecule has 4 saturated carbocycles. The number of esters is 1. The molecule has 10 fully saturated rings. The highest BCUT2D eigenvalue weighted by Crippen LogP contribution is 2.76. The van der Waals surface area contributed by atoms with Crippen LogP contribution in [0.1, 0.15) is 113 Å². The summed E-state index contributed by atoms with van der Waals surface area (Å²) in [5, 5.41) is 185. The van der Waals surface area contributed by atoms with Gasteiger partial charge in [0.05, 0.1) is 50.2 Å². The van der Waals surface area contributed by atoms with Gasteiger partial charge in [-0.05, 0) is 112 Å². The van der Waals surface area contributed by atoms with Crippen LogP contribution in [-0.2, 0) is 61.6 Å². The Kier molecular flexibility index (Phi) is 21.5. The molecule has 538 valence electrons. The summed E-state index contributed by atoms with van der Waals surface area (Å²) in [7, 11) is 0. The van der Waals surface area contributed by atoms with E-state index in [4.69, 9.17) is 56.8 Å². The zero-order chi connectivity index (χ0) is 68.4. The summed E-state index contributed by atoms with van der Waals surface area (Å²) >= 11 is 0. The zero-order valence-corrected chi connectivity index (χ0v) is 54.1. The predicted molar refractivity (Wildman–Crippen MR) is 315 cm³/mol. The molecular weight excluding hydrogens is 1250 g/mol. The Labute approximate surface area is 544 Å². The third-order valence-electron chi connectivity index (χ3n) is 24.6. The van der Waals surface area contributed by atoms with Gasteiger partial charge in [-0.3, -0.25) is 4.79 Å². The van der Waals surface area contributed by atoms with Crippen molar-refractivity contribution in [2.75, 3.05) is 26.4 Å². The molecule has 0 aromatic carbocycles. The summed E-state index contributed by atoms with van der Waals surface area (Å²) < 4.78 is 71.2. The van der Waals surface area contributed by atoms with E-state index in [-0.39, 0.29) is 28.6 Å². The zero-order valence-electron chi connectivity index (χ0n) is 54.1. The van der Waals surface area contributed by atoms with Gasteiger partial charge in [0, 0.05) is 5.92 Å². The molecule has 37 atom stereocenters. The molecule has 30 heteroatoms. The molecule has 11 rings (SSSR count). The van der Waals surface area contributed by atoms with E-state index in [0.29, 0.717) is 51.4 Å². The van der Waals surface area contributed by atoms with Crippen LogP contribution in [0.4, 0.5) is 0 Å². The van der Waals surface area contributed by atoms with Gasteiger partial charge in [-0.1, -0.05) is 58.4 Å². The fraction of sp³-hybridized carbons (Fsp3) is 0.922. The number of carbonyl (C=O) groups is 1. The van der Waals surface area contributed by atoms with Crippen LogP contribution < -0.4 is 0 Å². The number of carbonyl (C=O) groups excluding carboxylic acids is 1. The number of aliphatic hydroxyl groups excluding tert-OH is 17. The minimum atomic E-state index is -1.92. The Morgan fingerprint density at radius 1 is 0.532 bits per heavy atom. The summed E-state index contributed by atoms with van der Waals surface area (Å²) in [5.41, 5.74) is -0.569. The molecule has 6 heterocycles. The Balaban J connectivity index is 0.755. The fourth-order valence-electron chi connectivity index (χ4n) is 18.6.